The van der Waals surface area contributed by atoms with Crippen molar-refractivity contribution in [1.82, 2.24) is 0 Å². The Kier molecular flexibility index (Phi) is 5.07. The fraction of sp³-hybridized carbons (Fsp3) is 0.273. The van der Waals surface area contributed by atoms with Gasteiger partial charge in [-0.1, -0.05) is 30.3 Å². The SMILES string of the molecule is CS/C(=N\N=C\C(C)N)c1ccccc1. The monoisotopic (exact) mass is 221 g/mol. The zero-order valence-electron chi connectivity index (χ0n) is 8.92. The molecule has 0 radical (unpaired) electrons. The average Bonchev–Trinajstić information content (AvgIpc) is 2.25. The summed E-state index contributed by atoms with van der Waals surface area (Å²) < 4.78 is 0. The van der Waals surface area contributed by atoms with Crippen LogP contribution in [-0.2, 0) is 0 Å². The third-order valence-electron chi connectivity index (χ3n) is 1.66. The molecule has 15 heavy (non-hydrogen) atoms. The van der Waals surface area contributed by atoms with Crippen molar-refractivity contribution < 1.29 is 0 Å². The van der Waals surface area contributed by atoms with Crippen LogP contribution in [0.25, 0.3) is 0 Å². The van der Waals surface area contributed by atoms with Crippen molar-refractivity contribution in [2.75, 3.05) is 6.26 Å². The molecule has 2 N–H and O–H groups in total. The van der Waals surface area contributed by atoms with Crippen LogP contribution in [0.2, 0.25) is 0 Å². The molecule has 0 spiro atoms. The molecular weight excluding hydrogens is 206 g/mol. The minimum Gasteiger partial charge on any atom is -0.323 e. The minimum atomic E-state index is -0.0624. The maximum Gasteiger partial charge on any atom is 0.126 e. The summed E-state index contributed by atoms with van der Waals surface area (Å²) in [6.45, 7) is 1.86. The summed E-state index contributed by atoms with van der Waals surface area (Å²) in [7, 11) is 0. The summed E-state index contributed by atoms with van der Waals surface area (Å²) in [6.07, 6.45) is 3.60. The summed E-state index contributed by atoms with van der Waals surface area (Å²) in [6, 6.07) is 9.90. The minimum absolute atomic E-state index is 0.0624. The lowest BCUT2D eigenvalue weighted by Crippen LogP contribution is -2.15. The summed E-state index contributed by atoms with van der Waals surface area (Å²) in [4.78, 5) is 0. The van der Waals surface area contributed by atoms with E-state index in [2.05, 4.69) is 10.2 Å². The first kappa shape index (κ1) is 11.9. The molecule has 0 bridgehead atoms. The summed E-state index contributed by atoms with van der Waals surface area (Å²) in [5.74, 6) is 0. The molecule has 0 aliphatic carbocycles. The Morgan fingerprint density at radius 1 is 1.40 bits per heavy atom. The Hall–Kier alpha value is -1.13. The van der Waals surface area contributed by atoms with Crippen molar-refractivity contribution in [3.8, 4) is 0 Å². The first-order chi connectivity index (χ1) is 7.24. The smallest absolute Gasteiger partial charge is 0.126 e. The van der Waals surface area contributed by atoms with E-state index >= 15 is 0 Å². The van der Waals surface area contributed by atoms with Gasteiger partial charge in [0.25, 0.3) is 0 Å². The van der Waals surface area contributed by atoms with Crippen LogP contribution < -0.4 is 5.73 Å². The molecule has 0 saturated carbocycles. The largest absolute Gasteiger partial charge is 0.323 e. The van der Waals surface area contributed by atoms with Crippen LogP contribution in [0, 0.1) is 0 Å². The third kappa shape index (κ3) is 4.27. The van der Waals surface area contributed by atoms with Crippen molar-refractivity contribution in [2.45, 2.75) is 13.0 Å². The van der Waals surface area contributed by atoms with Gasteiger partial charge in [0.2, 0.25) is 0 Å². The quantitative estimate of drug-likeness (QED) is 0.483. The number of thioether (sulfide) groups is 1. The normalized spacial score (nSPS) is 14.5. The maximum atomic E-state index is 5.53. The highest BCUT2D eigenvalue weighted by Crippen LogP contribution is 2.10. The first-order valence-corrected chi connectivity index (χ1v) is 5.92. The molecule has 1 unspecified atom stereocenters. The van der Waals surface area contributed by atoms with Gasteiger partial charge < -0.3 is 5.73 Å². The van der Waals surface area contributed by atoms with Crippen molar-refractivity contribution in [1.29, 1.82) is 0 Å². The molecule has 0 aliphatic heterocycles. The van der Waals surface area contributed by atoms with Gasteiger partial charge in [-0.3, -0.25) is 0 Å². The van der Waals surface area contributed by atoms with E-state index in [1.807, 2.05) is 43.5 Å². The molecule has 1 aromatic rings. The van der Waals surface area contributed by atoms with Gasteiger partial charge in [-0.25, -0.2) is 0 Å². The Morgan fingerprint density at radius 2 is 2.07 bits per heavy atom. The summed E-state index contributed by atoms with van der Waals surface area (Å²) in [5, 5.41) is 8.95. The van der Waals surface area contributed by atoms with Gasteiger partial charge in [0.1, 0.15) is 5.04 Å². The third-order valence-corrected chi connectivity index (χ3v) is 2.37. The van der Waals surface area contributed by atoms with E-state index in [0.717, 1.165) is 10.6 Å². The number of hydrogen-bond donors (Lipinski definition) is 1. The van der Waals surface area contributed by atoms with Gasteiger partial charge in [-0.15, -0.1) is 16.9 Å². The Bertz CT molecular complexity index is 344. The molecule has 0 fully saturated rings. The molecule has 0 heterocycles. The number of nitrogens with zero attached hydrogens (tertiary/aromatic N) is 2. The second-order valence-electron chi connectivity index (χ2n) is 3.10. The molecule has 0 aliphatic rings. The highest BCUT2D eigenvalue weighted by atomic mass is 32.2. The predicted molar refractivity (Wildman–Crippen MR) is 68.6 cm³/mol. The van der Waals surface area contributed by atoms with Gasteiger partial charge in [-0.05, 0) is 13.2 Å². The molecule has 1 atom stereocenters. The van der Waals surface area contributed by atoms with E-state index in [1.54, 1.807) is 18.0 Å². The number of benzene rings is 1. The molecule has 3 nitrogen and oxygen atoms in total. The summed E-state index contributed by atoms with van der Waals surface area (Å²) in [5.41, 5.74) is 6.61. The van der Waals surface area contributed by atoms with Crippen LogP contribution in [0.15, 0.2) is 40.5 Å². The molecule has 1 rings (SSSR count). The van der Waals surface area contributed by atoms with Crippen LogP contribution in [0.4, 0.5) is 0 Å². The standard InChI is InChI=1S/C11H15N3S/c1-9(12)8-13-14-11(15-2)10-6-4-3-5-7-10/h3-9H,12H2,1-2H3/b13-8+,14-11-. The van der Waals surface area contributed by atoms with Gasteiger partial charge in [-0.2, -0.15) is 5.10 Å². The lowest BCUT2D eigenvalue weighted by molar-refractivity contribution is 0.985. The van der Waals surface area contributed by atoms with E-state index in [1.165, 1.54) is 0 Å². The predicted octanol–water partition coefficient (Wildman–Crippen LogP) is 2.13. The van der Waals surface area contributed by atoms with Gasteiger partial charge in [0, 0.05) is 17.8 Å². The molecule has 4 heteroatoms. The van der Waals surface area contributed by atoms with Crippen molar-refractivity contribution in [2.24, 2.45) is 15.9 Å². The number of hydrogen-bond acceptors (Lipinski definition) is 4. The average molecular weight is 221 g/mol. The second kappa shape index (κ2) is 6.37. The van der Waals surface area contributed by atoms with Crippen LogP contribution in [-0.4, -0.2) is 23.6 Å². The molecule has 0 saturated heterocycles. The van der Waals surface area contributed by atoms with E-state index < -0.39 is 0 Å². The molecule has 80 valence electrons. The van der Waals surface area contributed by atoms with Crippen molar-refractivity contribution in [3.05, 3.63) is 35.9 Å². The highest BCUT2D eigenvalue weighted by Gasteiger charge is 1.99. The second-order valence-corrected chi connectivity index (χ2v) is 3.89. The first-order valence-electron chi connectivity index (χ1n) is 4.70. The molecular formula is C11H15N3S. The Morgan fingerprint density at radius 3 is 2.60 bits per heavy atom. The molecule has 0 amide bonds. The van der Waals surface area contributed by atoms with Crippen LogP contribution >= 0.6 is 11.8 Å². The molecule has 0 aromatic heterocycles. The fourth-order valence-electron chi connectivity index (χ4n) is 0.988. The van der Waals surface area contributed by atoms with Gasteiger partial charge in [0.05, 0.1) is 0 Å². The maximum absolute atomic E-state index is 5.53. The Balaban J connectivity index is 2.80. The lowest BCUT2D eigenvalue weighted by atomic mass is 10.2. The van der Waals surface area contributed by atoms with Crippen molar-refractivity contribution >= 4 is 23.0 Å². The van der Waals surface area contributed by atoms with E-state index in [-0.39, 0.29) is 6.04 Å². The van der Waals surface area contributed by atoms with E-state index in [4.69, 9.17) is 5.73 Å². The highest BCUT2D eigenvalue weighted by molar-refractivity contribution is 8.13. The Labute approximate surface area is 94.5 Å². The summed E-state index contributed by atoms with van der Waals surface area (Å²) >= 11 is 1.57. The van der Waals surface area contributed by atoms with Gasteiger partial charge in [0.15, 0.2) is 0 Å². The number of nitrogens with two attached hydrogens (primary N) is 1. The van der Waals surface area contributed by atoms with E-state index in [0.29, 0.717) is 0 Å². The fourth-order valence-corrected chi connectivity index (χ4v) is 1.49. The van der Waals surface area contributed by atoms with Crippen LogP contribution in [0.5, 0.6) is 0 Å². The molecule has 1 aromatic carbocycles. The lowest BCUT2D eigenvalue weighted by Gasteiger charge is -2.00. The zero-order valence-corrected chi connectivity index (χ0v) is 9.74. The number of rotatable bonds is 3. The van der Waals surface area contributed by atoms with Crippen LogP contribution in [0.1, 0.15) is 12.5 Å². The zero-order chi connectivity index (χ0) is 11.1. The van der Waals surface area contributed by atoms with E-state index in [9.17, 15) is 0 Å². The topological polar surface area (TPSA) is 50.7 Å². The van der Waals surface area contributed by atoms with Crippen molar-refractivity contribution in [3.63, 3.8) is 0 Å². The van der Waals surface area contributed by atoms with Gasteiger partial charge >= 0.3 is 0 Å². The van der Waals surface area contributed by atoms with Crippen LogP contribution in [0.3, 0.4) is 0 Å².